The fraction of sp³-hybridized carbons (Fsp3) is 0.500. The third-order valence-corrected chi connectivity index (χ3v) is 3.92. The molecule has 1 aliphatic rings. The number of hydrogen-bond donors (Lipinski definition) is 5. The van der Waals surface area contributed by atoms with Crippen LogP contribution in [0.2, 0.25) is 0 Å². The van der Waals surface area contributed by atoms with Gasteiger partial charge in [-0.2, -0.15) is 0 Å². The highest BCUT2D eigenvalue weighted by atomic mass is 16.7. The van der Waals surface area contributed by atoms with Gasteiger partial charge in [-0.15, -0.1) is 0 Å². The van der Waals surface area contributed by atoms with Gasteiger partial charge in [0.15, 0.2) is 17.6 Å². The van der Waals surface area contributed by atoms with E-state index in [1.807, 2.05) is 0 Å². The molecule has 1 aromatic carbocycles. The van der Waals surface area contributed by atoms with Crippen LogP contribution in [-0.2, 0) is 25.5 Å². The summed E-state index contributed by atoms with van der Waals surface area (Å²) >= 11 is 0. The van der Waals surface area contributed by atoms with Gasteiger partial charge in [-0.25, -0.2) is 4.79 Å². The van der Waals surface area contributed by atoms with Gasteiger partial charge in [0, 0.05) is 6.42 Å². The standard InChI is InChI=1S/C16H20O10/c1-24-9-6-7(2-4-8(9)17)3-5-10(18)25-16-13(21)11(19)12(20)14(26-16)15(22)23/h2,4,6,11-14,16-17,19-21H,3,5H2,1H3,(H,22,23). The Hall–Kier alpha value is -2.40. The molecule has 5 atom stereocenters. The first-order chi connectivity index (χ1) is 12.2. The number of carbonyl (C=O) groups is 2. The Balaban J connectivity index is 1.95. The molecular formula is C16H20O10. The Morgan fingerprint density at radius 2 is 1.85 bits per heavy atom. The number of phenols is 1. The van der Waals surface area contributed by atoms with Gasteiger partial charge in [-0.3, -0.25) is 4.79 Å². The minimum Gasteiger partial charge on any atom is -0.504 e. The molecule has 0 amide bonds. The van der Waals surface area contributed by atoms with E-state index in [1.54, 1.807) is 6.07 Å². The molecule has 0 aromatic heterocycles. The summed E-state index contributed by atoms with van der Waals surface area (Å²) in [6, 6.07) is 4.52. The zero-order valence-electron chi connectivity index (χ0n) is 13.8. The van der Waals surface area contributed by atoms with E-state index >= 15 is 0 Å². The molecule has 26 heavy (non-hydrogen) atoms. The van der Waals surface area contributed by atoms with Crippen molar-refractivity contribution < 1.29 is 49.3 Å². The molecule has 1 saturated heterocycles. The fourth-order valence-electron chi connectivity index (χ4n) is 2.46. The summed E-state index contributed by atoms with van der Waals surface area (Å²) in [7, 11) is 1.38. The number of aliphatic carboxylic acids is 1. The quantitative estimate of drug-likeness (QED) is 0.382. The number of aliphatic hydroxyl groups excluding tert-OH is 3. The lowest BCUT2D eigenvalue weighted by atomic mass is 9.99. The number of carboxylic acid groups (broad SMARTS) is 1. The Labute approximate surface area is 148 Å². The zero-order chi connectivity index (χ0) is 19.4. The average Bonchev–Trinajstić information content (AvgIpc) is 2.61. The monoisotopic (exact) mass is 372 g/mol. The van der Waals surface area contributed by atoms with Crippen molar-refractivity contribution in [3.05, 3.63) is 23.8 Å². The van der Waals surface area contributed by atoms with E-state index in [0.29, 0.717) is 5.56 Å². The van der Waals surface area contributed by atoms with Gasteiger partial charge in [-0.1, -0.05) is 6.07 Å². The number of aliphatic hydroxyl groups is 3. The van der Waals surface area contributed by atoms with E-state index in [2.05, 4.69) is 0 Å². The number of hydrogen-bond acceptors (Lipinski definition) is 9. The first-order valence-corrected chi connectivity index (χ1v) is 7.72. The molecule has 1 heterocycles. The van der Waals surface area contributed by atoms with Gasteiger partial charge >= 0.3 is 11.9 Å². The molecule has 0 bridgehead atoms. The SMILES string of the molecule is COc1cc(CCC(=O)OC2OC(C(=O)O)C(O)C(O)C2O)ccc1O. The van der Waals surface area contributed by atoms with Crippen LogP contribution in [0.3, 0.4) is 0 Å². The number of ether oxygens (including phenoxy) is 3. The summed E-state index contributed by atoms with van der Waals surface area (Å²) in [4.78, 5) is 22.9. The summed E-state index contributed by atoms with van der Waals surface area (Å²) in [5.41, 5.74) is 0.667. The highest BCUT2D eigenvalue weighted by Gasteiger charge is 2.48. The van der Waals surface area contributed by atoms with Gasteiger partial charge in [0.25, 0.3) is 0 Å². The number of aryl methyl sites for hydroxylation is 1. The van der Waals surface area contributed by atoms with Crippen molar-refractivity contribution in [3.8, 4) is 11.5 Å². The molecule has 0 spiro atoms. The molecule has 0 radical (unpaired) electrons. The summed E-state index contributed by atoms with van der Waals surface area (Å²) in [6.45, 7) is 0. The van der Waals surface area contributed by atoms with Crippen molar-refractivity contribution in [2.45, 2.75) is 43.5 Å². The zero-order valence-corrected chi connectivity index (χ0v) is 13.8. The van der Waals surface area contributed by atoms with E-state index in [1.165, 1.54) is 19.2 Å². The highest BCUT2D eigenvalue weighted by molar-refractivity contribution is 5.73. The predicted octanol–water partition coefficient (Wildman–Crippen LogP) is -1.23. The largest absolute Gasteiger partial charge is 0.504 e. The molecular weight excluding hydrogens is 352 g/mol. The van der Waals surface area contributed by atoms with Gasteiger partial charge in [0.2, 0.25) is 6.29 Å². The number of methoxy groups -OCH3 is 1. The number of phenolic OH excluding ortho intramolecular Hbond substituents is 1. The maximum atomic E-state index is 11.9. The number of carboxylic acids is 1. The Morgan fingerprint density at radius 1 is 1.15 bits per heavy atom. The molecule has 2 rings (SSSR count). The smallest absolute Gasteiger partial charge is 0.335 e. The molecule has 0 aliphatic carbocycles. The van der Waals surface area contributed by atoms with Crippen LogP contribution in [0.25, 0.3) is 0 Å². The van der Waals surface area contributed by atoms with Crippen LogP contribution < -0.4 is 4.74 Å². The van der Waals surface area contributed by atoms with E-state index in [9.17, 15) is 30.0 Å². The molecule has 0 saturated carbocycles. The van der Waals surface area contributed by atoms with Crippen molar-refractivity contribution in [1.82, 2.24) is 0 Å². The van der Waals surface area contributed by atoms with Gasteiger partial charge in [-0.05, 0) is 24.1 Å². The van der Waals surface area contributed by atoms with Crippen LogP contribution in [0.5, 0.6) is 11.5 Å². The molecule has 5 unspecified atom stereocenters. The van der Waals surface area contributed by atoms with E-state index in [-0.39, 0.29) is 24.3 Å². The van der Waals surface area contributed by atoms with Crippen LogP contribution in [-0.4, -0.2) is 75.3 Å². The predicted molar refractivity (Wildman–Crippen MR) is 83.4 cm³/mol. The topological polar surface area (TPSA) is 163 Å². The minimum absolute atomic E-state index is 0.0511. The summed E-state index contributed by atoms with van der Waals surface area (Å²) in [5, 5.41) is 47.5. The average molecular weight is 372 g/mol. The van der Waals surface area contributed by atoms with Crippen LogP contribution in [0.1, 0.15) is 12.0 Å². The number of benzene rings is 1. The summed E-state index contributed by atoms with van der Waals surface area (Å²) in [6.07, 6.45) is -8.99. The Bertz CT molecular complexity index is 660. The molecule has 10 nitrogen and oxygen atoms in total. The van der Waals surface area contributed by atoms with Gasteiger partial charge in [0.1, 0.15) is 18.3 Å². The van der Waals surface area contributed by atoms with Crippen molar-refractivity contribution in [3.63, 3.8) is 0 Å². The van der Waals surface area contributed by atoms with Crippen LogP contribution in [0.4, 0.5) is 0 Å². The summed E-state index contributed by atoms with van der Waals surface area (Å²) in [5.74, 6) is -2.19. The van der Waals surface area contributed by atoms with E-state index in [4.69, 9.17) is 19.3 Å². The molecule has 10 heteroatoms. The first-order valence-electron chi connectivity index (χ1n) is 7.72. The van der Waals surface area contributed by atoms with Crippen molar-refractivity contribution in [1.29, 1.82) is 0 Å². The number of carbonyl (C=O) groups excluding carboxylic acids is 1. The number of esters is 1. The fourth-order valence-corrected chi connectivity index (χ4v) is 2.46. The second kappa shape index (κ2) is 8.32. The van der Waals surface area contributed by atoms with Crippen molar-refractivity contribution in [2.24, 2.45) is 0 Å². The van der Waals surface area contributed by atoms with Crippen molar-refractivity contribution in [2.75, 3.05) is 7.11 Å². The van der Waals surface area contributed by atoms with Gasteiger partial charge < -0.3 is 39.7 Å². The third-order valence-electron chi connectivity index (χ3n) is 3.92. The van der Waals surface area contributed by atoms with Crippen molar-refractivity contribution >= 4 is 11.9 Å². The molecule has 144 valence electrons. The Kier molecular flexibility index (Phi) is 6.37. The van der Waals surface area contributed by atoms with Crippen LogP contribution in [0.15, 0.2) is 18.2 Å². The second-order valence-electron chi connectivity index (χ2n) is 5.73. The third kappa shape index (κ3) is 4.41. The lowest BCUT2D eigenvalue weighted by Crippen LogP contribution is -2.60. The van der Waals surface area contributed by atoms with E-state index < -0.39 is 42.6 Å². The molecule has 1 aliphatic heterocycles. The second-order valence-corrected chi connectivity index (χ2v) is 5.73. The highest BCUT2D eigenvalue weighted by Crippen LogP contribution is 2.27. The number of aromatic hydroxyl groups is 1. The maximum Gasteiger partial charge on any atom is 0.335 e. The summed E-state index contributed by atoms with van der Waals surface area (Å²) < 4.78 is 14.7. The molecule has 1 aromatic rings. The number of rotatable bonds is 6. The molecule has 1 fully saturated rings. The Morgan fingerprint density at radius 3 is 2.46 bits per heavy atom. The minimum atomic E-state index is -1.86. The van der Waals surface area contributed by atoms with E-state index in [0.717, 1.165) is 0 Å². The first kappa shape index (κ1) is 19.9. The van der Waals surface area contributed by atoms with Crippen LogP contribution in [0, 0.1) is 0 Å². The normalized spacial score (nSPS) is 28.4. The van der Waals surface area contributed by atoms with Crippen LogP contribution >= 0.6 is 0 Å². The lowest BCUT2D eigenvalue weighted by molar-refractivity contribution is -0.286. The lowest BCUT2D eigenvalue weighted by Gasteiger charge is -2.37. The van der Waals surface area contributed by atoms with Gasteiger partial charge in [0.05, 0.1) is 7.11 Å². The molecule has 5 N–H and O–H groups in total. The maximum absolute atomic E-state index is 11.9.